The van der Waals surface area contributed by atoms with E-state index in [1.54, 1.807) is 0 Å². The highest BCUT2D eigenvalue weighted by Gasteiger charge is 2.26. The number of hydroxylamine groups is 4. The lowest BCUT2D eigenvalue weighted by molar-refractivity contribution is -0.257. The van der Waals surface area contributed by atoms with Crippen LogP contribution in [-0.2, 0) is 9.68 Å². The van der Waals surface area contributed by atoms with Gasteiger partial charge < -0.3 is 0 Å². The van der Waals surface area contributed by atoms with E-state index in [1.165, 1.54) is 0 Å². The summed E-state index contributed by atoms with van der Waals surface area (Å²) in [5.74, 6) is 0. The van der Waals surface area contributed by atoms with Crippen molar-refractivity contribution < 1.29 is 9.68 Å². The maximum atomic E-state index is 5.56. The molecule has 1 aliphatic rings. The topological polar surface area (TPSA) is 24.9 Å². The van der Waals surface area contributed by atoms with Crippen molar-refractivity contribution in [3.05, 3.63) is 0 Å². The highest BCUT2D eigenvalue weighted by atomic mass is 16.7. The summed E-state index contributed by atoms with van der Waals surface area (Å²) in [7, 11) is 0. The third-order valence-corrected chi connectivity index (χ3v) is 2.47. The first-order valence-corrected chi connectivity index (χ1v) is 5.59. The van der Waals surface area contributed by atoms with Crippen LogP contribution in [-0.4, -0.2) is 49.0 Å². The zero-order valence-corrected chi connectivity index (χ0v) is 9.53. The van der Waals surface area contributed by atoms with Crippen LogP contribution in [0.3, 0.4) is 0 Å². The van der Waals surface area contributed by atoms with Crippen LogP contribution < -0.4 is 0 Å². The maximum absolute atomic E-state index is 5.56. The summed E-state index contributed by atoms with van der Waals surface area (Å²) < 4.78 is 0. The average molecular weight is 202 g/mol. The molecule has 0 radical (unpaired) electrons. The number of hydrogen-bond donors (Lipinski definition) is 0. The minimum atomic E-state index is 0.468. The highest BCUT2D eigenvalue weighted by molar-refractivity contribution is 4.73. The van der Waals surface area contributed by atoms with Gasteiger partial charge >= 0.3 is 0 Å². The highest BCUT2D eigenvalue weighted by Crippen LogP contribution is 2.13. The Morgan fingerprint density at radius 3 is 2.36 bits per heavy atom. The molecule has 1 aliphatic heterocycles. The fraction of sp³-hybridized carbons (Fsp3) is 1.00. The first-order valence-electron chi connectivity index (χ1n) is 5.59. The van der Waals surface area contributed by atoms with Crippen LogP contribution in [0.5, 0.6) is 0 Å². The van der Waals surface area contributed by atoms with Crippen LogP contribution in [0, 0.1) is 0 Å². The fourth-order valence-electron chi connectivity index (χ4n) is 1.78. The molecule has 4 nitrogen and oxygen atoms in total. The van der Waals surface area contributed by atoms with Gasteiger partial charge in [0, 0.05) is 19.6 Å². The SMILES string of the molecule is CCON1CCN(OCC)C(CC)C1. The summed E-state index contributed by atoms with van der Waals surface area (Å²) in [5, 5.41) is 4.14. The zero-order valence-electron chi connectivity index (χ0n) is 9.53. The summed E-state index contributed by atoms with van der Waals surface area (Å²) >= 11 is 0. The molecule has 0 aliphatic carbocycles. The average Bonchev–Trinajstić information content (AvgIpc) is 2.21. The van der Waals surface area contributed by atoms with E-state index in [1.807, 2.05) is 18.9 Å². The van der Waals surface area contributed by atoms with Gasteiger partial charge in [-0.25, -0.2) is 0 Å². The summed E-state index contributed by atoms with van der Waals surface area (Å²) in [6, 6.07) is 0.468. The fourth-order valence-corrected chi connectivity index (χ4v) is 1.78. The van der Waals surface area contributed by atoms with Gasteiger partial charge in [-0.1, -0.05) is 6.92 Å². The van der Waals surface area contributed by atoms with Crippen molar-refractivity contribution in [3.8, 4) is 0 Å². The van der Waals surface area contributed by atoms with E-state index >= 15 is 0 Å². The van der Waals surface area contributed by atoms with Gasteiger partial charge in [0.15, 0.2) is 0 Å². The van der Waals surface area contributed by atoms with Gasteiger partial charge in [0.05, 0.1) is 19.3 Å². The monoisotopic (exact) mass is 202 g/mol. The molecule has 84 valence electrons. The van der Waals surface area contributed by atoms with Crippen LogP contribution in [0.4, 0.5) is 0 Å². The molecule has 1 unspecified atom stereocenters. The van der Waals surface area contributed by atoms with Crippen molar-refractivity contribution in [2.45, 2.75) is 33.2 Å². The minimum Gasteiger partial charge on any atom is -0.299 e. The minimum absolute atomic E-state index is 0.468. The van der Waals surface area contributed by atoms with Crippen molar-refractivity contribution in [2.24, 2.45) is 0 Å². The molecule has 0 aromatic heterocycles. The Labute approximate surface area is 86.7 Å². The molecule has 0 bridgehead atoms. The van der Waals surface area contributed by atoms with Crippen LogP contribution >= 0.6 is 0 Å². The molecule has 1 atom stereocenters. The Bertz CT molecular complexity index is 155. The number of piperazine rings is 1. The van der Waals surface area contributed by atoms with E-state index in [4.69, 9.17) is 9.68 Å². The quantitative estimate of drug-likeness (QED) is 0.670. The molecule has 0 aromatic carbocycles. The molecule has 1 fully saturated rings. The van der Waals surface area contributed by atoms with Gasteiger partial charge in [-0.3, -0.25) is 9.68 Å². The van der Waals surface area contributed by atoms with Crippen LogP contribution in [0.15, 0.2) is 0 Å². The van der Waals surface area contributed by atoms with Crippen molar-refractivity contribution in [2.75, 3.05) is 32.8 Å². The molecule has 0 saturated carbocycles. The van der Waals surface area contributed by atoms with Gasteiger partial charge in [0.2, 0.25) is 0 Å². The van der Waals surface area contributed by atoms with Gasteiger partial charge in [-0.05, 0) is 20.3 Å². The number of hydrogen-bond acceptors (Lipinski definition) is 4. The van der Waals surface area contributed by atoms with Gasteiger partial charge in [0.25, 0.3) is 0 Å². The predicted octanol–water partition coefficient (Wildman–Crippen LogP) is 1.29. The lowest BCUT2D eigenvalue weighted by Crippen LogP contribution is -2.52. The van der Waals surface area contributed by atoms with E-state index in [-0.39, 0.29) is 0 Å². The van der Waals surface area contributed by atoms with E-state index in [0.29, 0.717) is 6.04 Å². The lowest BCUT2D eigenvalue weighted by atomic mass is 10.2. The molecule has 0 aromatic rings. The van der Waals surface area contributed by atoms with E-state index in [9.17, 15) is 0 Å². The molecule has 1 saturated heterocycles. The van der Waals surface area contributed by atoms with E-state index in [0.717, 1.165) is 39.3 Å². The Hall–Kier alpha value is -0.160. The second-order valence-corrected chi connectivity index (χ2v) is 3.43. The summed E-state index contributed by atoms with van der Waals surface area (Å²) in [4.78, 5) is 11.1. The smallest absolute Gasteiger partial charge is 0.0657 e. The molecule has 4 heteroatoms. The van der Waals surface area contributed by atoms with Crippen molar-refractivity contribution in [1.29, 1.82) is 0 Å². The standard InChI is InChI=1S/C10H22N2O2/c1-4-10-9-11(13-5-2)7-8-12(10)14-6-3/h10H,4-9H2,1-3H3. The Balaban J connectivity index is 2.37. The molecule has 14 heavy (non-hydrogen) atoms. The largest absolute Gasteiger partial charge is 0.299 e. The second-order valence-electron chi connectivity index (χ2n) is 3.43. The van der Waals surface area contributed by atoms with Crippen LogP contribution in [0.25, 0.3) is 0 Å². The van der Waals surface area contributed by atoms with Gasteiger partial charge in [-0.2, -0.15) is 10.1 Å². The van der Waals surface area contributed by atoms with Gasteiger partial charge in [-0.15, -0.1) is 0 Å². The third-order valence-electron chi connectivity index (χ3n) is 2.47. The molecule has 0 spiro atoms. The Kier molecular flexibility index (Phi) is 5.40. The summed E-state index contributed by atoms with van der Waals surface area (Å²) in [5.41, 5.74) is 0. The van der Waals surface area contributed by atoms with Crippen molar-refractivity contribution >= 4 is 0 Å². The molecule has 1 heterocycles. The normalized spacial score (nSPS) is 25.5. The lowest BCUT2D eigenvalue weighted by Gasteiger charge is -2.39. The summed E-state index contributed by atoms with van der Waals surface area (Å²) in [6.07, 6.45) is 1.10. The first-order chi connectivity index (χ1) is 6.81. The molecule has 0 amide bonds. The van der Waals surface area contributed by atoms with E-state index < -0.39 is 0 Å². The number of rotatable bonds is 5. The zero-order chi connectivity index (χ0) is 10.4. The van der Waals surface area contributed by atoms with Crippen molar-refractivity contribution in [3.63, 3.8) is 0 Å². The third kappa shape index (κ3) is 3.20. The Morgan fingerprint density at radius 1 is 1.07 bits per heavy atom. The van der Waals surface area contributed by atoms with Gasteiger partial charge in [0.1, 0.15) is 0 Å². The maximum Gasteiger partial charge on any atom is 0.0657 e. The predicted molar refractivity (Wildman–Crippen MR) is 55.6 cm³/mol. The van der Waals surface area contributed by atoms with E-state index in [2.05, 4.69) is 12.0 Å². The molecular weight excluding hydrogens is 180 g/mol. The number of nitrogens with zero attached hydrogens (tertiary/aromatic N) is 2. The van der Waals surface area contributed by atoms with Crippen LogP contribution in [0.1, 0.15) is 27.2 Å². The summed E-state index contributed by atoms with van der Waals surface area (Å²) in [6.45, 7) is 10.6. The van der Waals surface area contributed by atoms with Crippen molar-refractivity contribution in [1.82, 2.24) is 10.1 Å². The second kappa shape index (κ2) is 6.35. The first kappa shape index (κ1) is 11.9. The molecule has 0 N–H and O–H groups in total. The van der Waals surface area contributed by atoms with Crippen LogP contribution in [0.2, 0.25) is 0 Å². The Morgan fingerprint density at radius 2 is 1.79 bits per heavy atom. The molecular formula is C10H22N2O2. The molecule has 1 rings (SSSR count).